The van der Waals surface area contributed by atoms with Crippen molar-refractivity contribution < 1.29 is 28.7 Å². The van der Waals surface area contributed by atoms with Gasteiger partial charge in [-0.05, 0) is 23.4 Å². The van der Waals surface area contributed by atoms with E-state index in [2.05, 4.69) is 0 Å². The van der Waals surface area contributed by atoms with Crippen LogP contribution in [0.15, 0.2) is 23.6 Å². The maximum absolute atomic E-state index is 12.4. The summed E-state index contributed by atoms with van der Waals surface area (Å²) < 4.78 is 15.7. The van der Waals surface area contributed by atoms with Crippen LogP contribution in [0.25, 0.3) is 0 Å². The quantitative estimate of drug-likeness (QED) is 0.436. The number of benzene rings is 1. The van der Waals surface area contributed by atoms with Gasteiger partial charge in [0.2, 0.25) is 0 Å². The Morgan fingerprint density at radius 2 is 2.00 bits per heavy atom. The summed E-state index contributed by atoms with van der Waals surface area (Å²) in [5, 5.41) is 13.3. The number of carbonyl (C=O) groups is 2. The van der Waals surface area contributed by atoms with Gasteiger partial charge in [-0.25, -0.2) is 4.79 Å². The molecule has 146 valence electrons. The second-order valence-corrected chi connectivity index (χ2v) is 7.28. The zero-order valence-corrected chi connectivity index (χ0v) is 15.5. The van der Waals surface area contributed by atoms with Crippen LogP contribution in [0, 0.1) is 10.1 Å². The number of hydrogen-bond donors (Lipinski definition) is 0. The van der Waals surface area contributed by atoms with E-state index in [0.717, 1.165) is 18.1 Å². The minimum absolute atomic E-state index is 0.200. The van der Waals surface area contributed by atoms with E-state index >= 15 is 0 Å². The van der Waals surface area contributed by atoms with E-state index in [4.69, 9.17) is 14.2 Å². The summed E-state index contributed by atoms with van der Waals surface area (Å²) >= 11 is 1.66. The largest absolute Gasteiger partial charge is 0.486 e. The third-order valence-corrected chi connectivity index (χ3v) is 5.59. The zero-order chi connectivity index (χ0) is 19.7. The standard InChI is InChI=1S/C18H16N2O7S/c21-17(19-3-1-16-11(9-19)2-6-28-16)10-27-18(22)12-7-14-15(26-5-4-25-14)8-13(12)20(23)24/h2,6-8H,1,3-5,9-10H2. The molecule has 0 bridgehead atoms. The summed E-state index contributed by atoms with van der Waals surface area (Å²) in [6, 6.07) is 4.33. The number of ether oxygens (including phenoxy) is 3. The van der Waals surface area contributed by atoms with Crippen molar-refractivity contribution in [3.8, 4) is 11.5 Å². The molecule has 0 saturated heterocycles. The maximum Gasteiger partial charge on any atom is 0.345 e. The first-order valence-electron chi connectivity index (χ1n) is 8.61. The highest BCUT2D eigenvalue weighted by atomic mass is 32.1. The summed E-state index contributed by atoms with van der Waals surface area (Å²) in [6.07, 6.45) is 0.764. The lowest BCUT2D eigenvalue weighted by atomic mass is 10.1. The van der Waals surface area contributed by atoms with Crippen molar-refractivity contribution in [3.63, 3.8) is 0 Å². The first-order chi connectivity index (χ1) is 13.5. The Morgan fingerprint density at radius 1 is 1.25 bits per heavy atom. The van der Waals surface area contributed by atoms with Crippen LogP contribution in [0.4, 0.5) is 5.69 Å². The number of hydrogen-bond acceptors (Lipinski definition) is 8. The van der Waals surface area contributed by atoms with Crippen molar-refractivity contribution in [2.45, 2.75) is 13.0 Å². The molecule has 9 nitrogen and oxygen atoms in total. The van der Waals surface area contributed by atoms with E-state index in [1.165, 1.54) is 10.9 Å². The predicted octanol–water partition coefficient (Wildman–Crippen LogP) is 2.17. The van der Waals surface area contributed by atoms with Gasteiger partial charge in [0, 0.05) is 24.0 Å². The summed E-state index contributed by atoms with van der Waals surface area (Å²) in [6.45, 7) is 1.08. The number of esters is 1. The summed E-state index contributed by atoms with van der Waals surface area (Å²) in [7, 11) is 0. The van der Waals surface area contributed by atoms with E-state index in [1.54, 1.807) is 16.2 Å². The second-order valence-electron chi connectivity index (χ2n) is 6.28. The first-order valence-corrected chi connectivity index (χ1v) is 9.49. The molecule has 0 saturated carbocycles. The molecule has 0 unspecified atom stereocenters. The Morgan fingerprint density at radius 3 is 2.75 bits per heavy atom. The Labute approximate surface area is 163 Å². The molecule has 1 aromatic heterocycles. The topological polar surface area (TPSA) is 108 Å². The fourth-order valence-corrected chi connectivity index (χ4v) is 4.04. The lowest BCUT2D eigenvalue weighted by Gasteiger charge is -2.26. The van der Waals surface area contributed by atoms with E-state index in [-0.39, 0.29) is 36.2 Å². The average Bonchev–Trinajstić information content (AvgIpc) is 3.18. The Hall–Kier alpha value is -3.14. The van der Waals surface area contributed by atoms with Crippen LogP contribution in [0.3, 0.4) is 0 Å². The van der Waals surface area contributed by atoms with E-state index in [0.29, 0.717) is 13.1 Å². The number of nitro benzene ring substituents is 1. The minimum Gasteiger partial charge on any atom is -0.486 e. The molecule has 0 atom stereocenters. The van der Waals surface area contributed by atoms with Gasteiger partial charge in [0.15, 0.2) is 18.1 Å². The highest BCUT2D eigenvalue weighted by Crippen LogP contribution is 2.36. The molecule has 4 rings (SSSR count). The average molecular weight is 404 g/mol. The molecule has 0 N–H and O–H groups in total. The fourth-order valence-electron chi connectivity index (χ4n) is 3.15. The smallest absolute Gasteiger partial charge is 0.345 e. The van der Waals surface area contributed by atoms with Crippen molar-refractivity contribution in [3.05, 3.63) is 49.7 Å². The molecule has 0 fully saturated rings. The molecule has 3 heterocycles. The van der Waals surface area contributed by atoms with Crippen molar-refractivity contribution >= 4 is 28.9 Å². The lowest BCUT2D eigenvalue weighted by Crippen LogP contribution is -2.38. The van der Waals surface area contributed by atoms with Crippen LogP contribution in [-0.4, -0.2) is 48.1 Å². The summed E-state index contributed by atoms with van der Waals surface area (Å²) in [4.78, 5) is 38.3. The van der Waals surface area contributed by atoms with Gasteiger partial charge < -0.3 is 19.1 Å². The molecular weight excluding hydrogens is 388 g/mol. The molecule has 2 aliphatic rings. The monoisotopic (exact) mass is 404 g/mol. The van der Waals surface area contributed by atoms with Gasteiger partial charge in [-0.3, -0.25) is 14.9 Å². The molecule has 10 heteroatoms. The molecule has 0 spiro atoms. The minimum atomic E-state index is -0.953. The number of carbonyl (C=O) groups excluding carboxylic acids is 2. The van der Waals surface area contributed by atoms with Gasteiger partial charge in [-0.1, -0.05) is 0 Å². The Bertz CT molecular complexity index is 955. The number of thiophene rings is 1. The van der Waals surface area contributed by atoms with Crippen LogP contribution in [-0.2, 0) is 22.5 Å². The van der Waals surface area contributed by atoms with Gasteiger partial charge in [-0.15, -0.1) is 11.3 Å². The predicted molar refractivity (Wildman–Crippen MR) is 97.8 cm³/mol. The lowest BCUT2D eigenvalue weighted by molar-refractivity contribution is -0.385. The molecule has 1 amide bonds. The number of nitro groups is 1. The molecule has 0 radical (unpaired) electrons. The molecule has 2 aliphatic heterocycles. The SMILES string of the molecule is O=C(OCC(=O)N1CCc2sccc2C1)c1cc2c(cc1[N+](=O)[O-])OCCO2. The maximum atomic E-state index is 12.4. The van der Waals surface area contributed by atoms with E-state index in [1.807, 2.05) is 11.4 Å². The Balaban J connectivity index is 1.45. The van der Waals surface area contributed by atoms with E-state index in [9.17, 15) is 19.7 Å². The fraction of sp³-hybridized carbons (Fsp3) is 0.333. The van der Waals surface area contributed by atoms with Gasteiger partial charge in [0.25, 0.3) is 11.6 Å². The Kier molecular flexibility index (Phi) is 4.86. The highest BCUT2D eigenvalue weighted by molar-refractivity contribution is 7.10. The molecule has 2 aromatic rings. The number of fused-ring (bicyclic) bond motifs is 2. The third kappa shape index (κ3) is 3.50. The molecular formula is C18H16N2O7S. The summed E-state index contributed by atoms with van der Waals surface area (Å²) in [5.74, 6) is -0.864. The molecule has 28 heavy (non-hydrogen) atoms. The van der Waals surface area contributed by atoms with Gasteiger partial charge in [0.05, 0.1) is 11.0 Å². The normalized spacial score (nSPS) is 14.9. The van der Waals surface area contributed by atoms with Crippen molar-refractivity contribution in [1.82, 2.24) is 4.90 Å². The van der Waals surface area contributed by atoms with Crippen molar-refractivity contribution in [2.24, 2.45) is 0 Å². The van der Waals surface area contributed by atoms with Crippen LogP contribution in [0.5, 0.6) is 11.5 Å². The van der Waals surface area contributed by atoms with Crippen molar-refractivity contribution in [1.29, 1.82) is 0 Å². The molecule has 0 aliphatic carbocycles. The first kappa shape index (κ1) is 18.2. The van der Waals surface area contributed by atoms with Crippen molar-refractivity contribution in [2.75, 3.05) is 26.4 Å². The van der Waals surface area contributed by atoms with Crippen LogP contribution < -0.4 is 9.47 Å². The number of amides is 1. The second kappa shape index (κ2) is 7.47. The third-order valence-electron chi connectivity index (χ3n) is 4.56. The van der Waals surface area contributed by atoms with Crippen LogP contribution >= 0.6 is 11.3 Å². The molecule has 1 aromatic carbocycles. The van der Waals surface area contributed by atoms with Gasteiger partial charge in [-0.2, -0.15) is 0 Å². The summed E-state index contributed by atoms with van der Waals surface area (Å²) in [5.41, 5.74) is 0.363. The van der Waals surface area contributed by atoms with E-state index < -0.39 is 23.2 Å². The van der Waals surface area contributed by atoms with Gasteiger partial charge in [0.1, 0.15) is 18.8 Å². The van der Waals surface area contributed by atoms with Crippen LogP contribution in [0.1, 0.15) is 20.8 Å². The van der Waals surface area contributed by atoms with Crippen LogP contribution in [0.2, 0.25) is 0 Å². The zero-order valence-electron chi connectivity index (χ0n) is 14.7. The number of rotatable bonds is 4. The van der Waals surface area contributed by atoms with Gasteiger partial charge >= 0.3 is 5.97 Å². The highest BCUT2D eigenvalue weighted by Gasteiger charge is 2.29. The number of nitrogens with zero attached hydrogens (tertiary/aromatic N) is 2.